The Hall–Kier alpha value is -0.800. The van der Waals surface area contributed by atoms with Gasteiger partial charge in [-0.25, -0.2) is 0 Å². The van der Waals surface area contributed by atoms with Crippen LogP contribution in [-0.4, -0.2) is 18.5 Å². The van der Waals surface area contributed by atoms with Crippen molar-refractivity contribution in [2.45, 2.75) is 12.6 Å². The van der Waals surface area contributed by atoms with E-state index in [1.165, 1.54) is 5.56 Å². The summed E-state index contributed by atoms with van der Waals surface area (Å²) in [7, 11) is 2.07. The van der Waals surface area contributed by atoms with Crippen molar-refractivity contribution in [1.29, 1.82) is 0 Å². The third kappa shape index (κ3) is 1.06. The van der Waals surface area contributed by atoms with Crippen molar-refractivity contribution in [2.75, 3.05) is 13.6 Å². The Balaban J connectivity index is 2.36. The molecule has 0 fully saturated rings. The maximum absolute atomic E-state index is 5.85. The van der Waals surface area contributed by atoms with Crippen LogP contribution in [0.5, 0.6) is 0 Å². The smallest absolute Gasteiger partial charge is 0.126 e. The lowest BCUT2D eigenvalue weighted by Crippen LogP contribution is -2.33. The molecule has 3 heteroatoms. The van der Waals surface area contributed by atoms with Crippen molar-refractivity contribution in [1.82, 2.24) is 4.90 Å². The fraction of sp³-hybridized carbons (Fsp3) is 0.500. The summed E-state index contributed by atoms with van der Waals surface area (Å²) in [6.07, 6.45) is 1.71. The van der Waals surface area contributed by atoms with Gasteiger partial charge in [-0.2, -0.15) is 0 Å². The normalized spacial score (nSPS) is 25.1. The van der Waals surface area contributed by atoms with Crippen LogP contribution < -0.4 is 5.73 Å². The molecule has 2 N–H and O–H groups in total. The molecule has 1 aliphatic rings. The van der Waals surface area contributed by atoms with Crippen LogP contribution in [0.3, 0.4) is 0 Å². The zero-order chi connectivity index (χ0) is 7.84. The van der Waals surface area contributed by atoms with Gasteiger partial charge in [-0.1, -0.05) is 0 Å². The molecular formula is C8H12N2O. The lowest BCUT2D eigenvalue weighted by atomic mass is 10.1. The van der Waals surface area contributed by atoms with E-state index in [0.29, 0.717) is 0 Å². The van der Waals surface area contributed by atoms with Crippen LogP contribution in [0.15, 0.2) is 16.7 Å². The highest BCUT2D eigenvalue weighted by molar-refractivity contribution is 5.22. The van der Waals surface area contributed by atoms with Crippen molar-refractivity contribution in [3.05, 3.63) is 23.7 Å². The number of fused-ring (bicyclic) bond motifs is 1. The lowest BCUT2D eigenvalue weighted by molar-refractivity contribution is 0.260. The Morgan fingerprint density at radius 3 is 3.36 bits per heavy atom. The Morgan fingerprint density at radius 2 is 2.55 bits per heavy atom. The summed E-state index contributed by atoms with van der Waals surface area (Å²) >= 11 is 0. The number of nitrogens with zero attached hydrogens (tertiary/aromatic N) is 1. The molecule has 11 heavy (non-hydrogen) atoms. The van der Waals surface area contributed by atoms with Gasteiger partial charge in [-0.3, -0.25) is 4.90 Å². The molecular weight excluding hydrogens is 140 g/mol. The van der Waals surface area contributed by atoms with Crippen LogP contribution in [-0.2, 0) is 6.54 Å². The predicted octanol–water partition coefficient (Wildman–Crippen LogP) is 0.725. The molecule has 0 radical (unpaired) electrons. The predicted molar refractivity (Wildman–Crippen MR) is 42.0 cm³/mol. The molecule has 60 valence electrons. The first kappa shape index (κ1) is 6.88. The van der Waals surface area contributed by atoms with E-state index in [4.69, 9.17) is 10.2 Å². The molecule has 0 bridgehead atoms. The van der Waals surface area contributed by atoms with Crippen LogP contribution in [0.25, 0.3) is 0 Å². The van der Waals surface area contributed by atoms with Gasteiger partial charge < -0.3 is 10.2 Å². The van der Waals surface area contributed by atoms with Crippen molar-refractivity contribution in [3.8, 4) is 0 Å². The summed E-state index contributed by atoms with van der Waals surface area (Å²) in [5.74, 6) is 0.961. The van der Waals surface area contributed by atoms with Crippen LogP contribution >= 0.6 is 0 Å². The Bertz CT molecular complexity index is 256. The second kappa shape index (κ2) is 2.36. The zero-order valence-electron chi connectivity index (χ0n) is 6.58. The largest absolute Gasteiger partial charge is 0.467 e. The summed E-state index contributed by atoms with van der Waals surface area (Å²) in [6, 6.07) is 2.05. The molecule has 0 aliphatic carbocycles. The lowest BCUT2D eigenvalue weighted by Gasteiger charge is -2.25. The summed E-state index contributed by atoms with van der Waals surface area (Å²) in [6.45, 7) is 1.85. The fourth-order valence-corrected chi connectivity index (χ4v) is 1.58. The molecule has 0 saturated heterocycles. The van der Waals surface area contributed by atoms with Crippen molar-refractivity contribution in [3.63, 3.8) is 0 Å². The quantitative estimate of drug-likeness (QED) is 0.595. The minimum Gasteiger partial charge on any atom is -0.467 e. The van der Waals surface area contributed by atoms with Gasteiger partial charge in [0.15, 0.2) is 0 Å². The van der Waals surface area contributed by atoms with Gasteiger partial charge in [0.25, 0.3) is 0 Å². The summed E-state index contributed by atoms with van der Waals surface area (Å²) < 4.78 is 5.26. The first-order valence-electron chi connectivity index (χ1n) is 3.78. The molecule has 1 atom stereocenters. The first-order valence-corrected chi connectivity index (χ1v) is 3.78. The molecule has 0 spiro atoms. The maximum atomic E-state index is 5.85. The van der Waals surface area contributed by atoms with E-state index in [9.17, 15) is 0 Å². The standard InChI is InChI=1S/C8H12N2O/c1-10-4-6-2-3-11-8(6)7(9)5-10/h2-3,7H,4-5,9H2,1H3. The highest BCUT2D eigenvalue weighted by atomic mass is 16.3. The molecule has 1 aromatic heterocycles. The van der Waals surface area contributed by atoms with E-state index >= 15 is 0 Å². The van der Waals surface area contributed by atoms with Gasteiger partial charge >= 0.3 is 0 Å². The molecule has 0 aromatic carbocycles. The van der Waals surface area contributed by atoms with Gasteiger partial charge in [-0.15, -0.1) is 0 Å². The van der Waals surface area contributed by atoms with E-state index in [2.05, 4.69) is 11.9 Å². The number of hydrogen-bond donors (Lipinski definition) is 1. The van der Waals surface area contributed by atoms with E-state index in [0.717, 1.165) is 18.8 Å². The summed E-state index contributed by atoms with van der Waals surface area (Å²) in [5, 5.41) is 0. The number of nitrogens with two attached hydrogens (primary N) is 1. The number of hydrogen-bond acceptors (Lipinski definition) is 3. The molecule has 2 rings (SSSR count). The Labute approximate surface area is 65.8 Å². The van der Waals surface area contributed by atoms with Gasteiger partial charge in [-0.05, 0) is 13.1 Å². The Morgan fingerprint density at radius 1 is 1.73 bits per heavy atom. The highest BCUT2D eigenvalue weighted by Gasteiger charge is 2.22. The van der Waals surface area contributed by atoms with Gasteiger partial charge in [0.05, 0.1) is 12.3 Å². The topological polar surface area (TPSA) is 42.4 Å². The van der Waals surface area contributed by atoms with E-state index in [1.54, 1.807) is 6.26 Å². The number of rotatable bonds is 0. The fourth-order valence-electron chi connectivity index (χ4n) is 1.58. The van der Waals surface area contributed by atoms with E-state index in [1.807, 2.05) is 6.07 Å². The van der Waals surface area contributed by atoms with Gasteiger partial charge in [0, 0.05) is 18.7 Å². The second-order valence-electron chi connectivity index (χ2n) is 3.11. The van der Waals surface area contributed by atoms with Crippen molar-refractivity contribution in [2.24, 2.45) is 5.73 Å². The maximum Gasteiger partial charge on any atom is 0.126 e. The van der Waals surface area contributed by atoms with Crippen LogP contribution in [0.2, 0.25) is 0 Å². The number of likely N-dealkylation sites (N-methyl/N-ethyl adjacent to an activating group) is 1. The van der Waals surface area contributed by atoms with Crippen LogP contribution in [0.1, 0.15) is 17.4 Å². The third-order valence-corrected chi connectivity index (χ3v) is 2.07. The first-order chi connectivity index (χ1) is 5.27. The zero-order valence-corrected chi connectivity index (χ0v) is 6.58. The third-order valence-electron chi connectivity index (χ3n) is 2.07. The average Bonchev–Trinajstić information content (AvgIpc) is 2.34. The molecule has 1 aliphatic heterocycles. The van der Waals surface area contributed by atoms with E-state index < -0.39 is 0 Å². The van der Waals surface area contributed by atoms with Gasteiger partial charge in [0.2, 0.25) is 0 Å². The molecule has 3 nitrogen and oxygen atoms in total. The second-order valence-corrected chi connectivity index (χ2v) is 3.11. The molecule has 1 aromatic rings. The van der Waals surface area contributed by atoms with Crippen LogP contribution in [0, 0.1) is 0 Å². The molecule has 0 saturated carbocycles. The molecule has 2 heterocycles. The van der Waals surface area contributed by atoms with E-state index in [-0.39, 0.29) is 6.04 Å². The van der Waals surface area contributed by atoms with Crippen molar-refractivity contribution >= 4 is 0 Å². The highest BCUT2D eigenvalue weighted by Crippen LogP contribution is 2.24. The minimum absolute atomic E-state index is 0.0544. The summed E-state index contributed by atoms with van der Waals surface area (Å²) in [4.78, 5) is 2.20. The van der Waals surface area contributed by atoms with Gasteiger partial charge in [0.1, 0.15) is 5.76 Å². The Kier molecular flexibility index (Phi) is 1.47. The van der Waals surface area contributed by atoms with Crippen LogP contribution in [0.4, 0.5) is 0 Å². The summed E-state index contributed by atoms with van der Waals surface area (Å²) in [5.41, 5.74) is 7.07. The SMILES string of the molecule is CN1Cc2ccoc2C(N)C1. The molecule has 0 amide bonds. The molecule has 1 unspecified atom stereocenters. The minimum atomic E-state index is 0.0544. The monoisotopic (exact) mass is 152 g/mol. The number of furan rings is 1. The van der Waals surface area contributed by atoms with Crippen molar-refractivity contribution < 1.29 is 4.42 Å². The average molecular weight is 152 g/mol.